The minimum atomic E-state index is -1.07. The molecule has 3 rings (SSSR count). The van der Waals surface area contributed by atoms with E-state index in [0.29, 0.717) is 19.3 Å². The number of carboxylic acid groups (broad SMARTS) is 3. The van der Waals surface area contributed by atoms with Gasteiger partial charge in [0.25, 0.3) is 0 Å². The molecular formula is C39H51AlO9. The van der Waals surface area contributed by atoms with E-state index < -0.39 is 52.5 Å². The number of aliphatic hydroxyl groups is 3. The molecule has 0 saturated carbocycles. The summed E-state index contributed by atoms with van der Waals surface area (Å²) in [6, 6.07) is 21.6. The average molecular weight is 691 g/mol. The van der Waals surface area contributed by atoms with Crippen molar-refractivity contribution in [2.75, 3.05) is 0 Å². The Bertz CT molecular complexity index is 1270. The van der Waals surface area contributed by atoms with E-state index in [4.69, 9.17) is 0 Å². The van der Waals surface area contributed by atoms with Crippen molar-refractivity contribution in [3.8, 4) is 0 Å². The topological polar surface area (TPSA) is 181 Å². The summed E-state index contributed by atoms with van der Waals surface area (Å²) in [6.45, 7) is 15.2. The van der Waals surface area contributed by atoms with Gasteiger partial charge in [0.15, 0.2) is 0 Å². The smallest absolute Gasteiger partial charge is 0.550 e. The van der Waals surface area contributed by atoms with E-state index in [9.17, 15) is 45.0 Å². The van der Waals surface area contributed by atoms with Crippen LogP contribution in [0.3, 0.4) is 0 Å². The summed E-state index contributed by atoms with van der Waals surface area (Å²) in [5, 5.41) is 60.9. The first-order valence-electron chi connectivity index (χ1n) is 15.9. The number of aliphatic carboxylic acids is 3. The van der Waals surface area contributed by atoms with E-state index in [-0.39, 0.29) is 17.4 Å². The molecule has 49 heavy (non-hydrogen) atoms. The van der Waals surface area contributed by atoms with Crippen LogP contribution in [-0.2, 0) is 33.6 Å². The number of carbonyl (C=O) groups excluding carboxylic acids is 3. The molecule has 0 fully saturated rings. The first kappa shape index (κ1) is 45.5. The van der Waals surface area contributed by atoms with Crippen molar-refractivity contribution < 1.29 is 45.0 Å². The van der Waals surface area contributed by atoms with Crippen LogP contribution in [0.25, 0.3) is 0 Å². The fourth-order valence-electron chi connectivity index (χ4n) is 4.68. The molecule has 0 radical (unpaired) electrons. The van der Waals surface area contributed by atoms with Gasteiger partial charge in [-0.1, -0.05) is 93.6 Å². The maximum absolute atomic E-state index is 10.7. The summed E-state index contributed by atoms with van der Waals surface area (Å²) >= 11 is 0. The maximum atomic E-state index is 10.7. The van der Waals surface area contributed by atoms with Crippen LogP contribution in [0.5, 0.6) is 0 Å². The molecule has 0 heterocycles. The standard InChI is InChI=1S/3C13H18O3.Al/c3*1-9(12(14)15)11-6-4-10(5-7-11)8-13(2,3)16;/h3*4-7,9,16H,8H2,1-3H3,(H,14,15);/q;;;+3/p-3. The summed E-state index contributed by atoms with van der Waals surface area (Å²) < 4.78 is 0. The molecule has 0 bridgehead atoms. The summed E-state index contributed by atoms with van der Waals surface area (Å²) in [4.78, 5) is 32.0. The summed E-state index contributed by atoms with van der Waals surface area (Å²) in [5.74, 6) is -5.02. The van der Waals surface area contributed by atoms with Crippen molar-refractivity contribution in [2.24, 2.45) is 0 Å². The van der Waals surface area contributed by atoms with Crippen LogP contribution >= 0.6 is 0 Å². The van der Waals surface area contributed by atoms with Gasteiger partial charge in [-0.2, -0.15) is 0 Å². The van der Waals surface area contributed by atoms with E-state index in [2.05, 4.69) is 0 Å². The second kappa shape index (κ2) is 19.6. The molecule has 0 aliphatic heterocycles. The Kier molecular flexibility index (Phi) is 18.2. The quantitative estimate of drug-likeness (QED) is 0.240. The largest absolute Gasteiger partial charge is 3.00 e. The average Bonchev–Trinajstić information content (AvgIpc) is 2.95. The van der Waals surface area contributed by atoms with Crippen LogP contribution in [-0.4, -0.2) is 67.4 Å². The Morgan fingerprint density at radius 3 is 0.755 bits per heavy atom. The number of carbonyl (C=O) groups is 3. The molecule has 3 aromatic carbocycles. The number of hydrogen-bond donors (Lipinski definition) is 3. The van der Waals surface area contributed by atoms with E-state index in [0.717, 1.165) is 33.4 Å². The SMILES string of the molecule is CC(C(=O)[O-])c1ccc(CC(C)(C)O)cc1.CC(C(=O)[O-])c1ccc(CC(C)(C)O)cc1.CC(C(=O)[O-])c1ccc(CC(C)(C)O)cc1.[Al+3]. The Labute approximate surface area is 301 Å². The molecule has 264 valence electrons. The summed E-state index contributed by atoms with van der Waals surface area (Å²) in [5.41, 5.74) is 2.88. The minimum Gasteiger partial charge on any atom is -0.550 e. The molecule has 0 spiro atoms. The Hall–Kier alpha value is -3.52. The minimum absolute atomic E-state index is 0. The maximum Gasteiger partial charge on any atom is 3.00 e. The van der Waals surface area contributed by atoms with Crippen molar-refractivity contribution in [1.29, 1.82) is 0 Å². The zero-order valence-electron chi connectivity index (χ0n) is 30.2. The molecule has 0 aromatic heterocycles. The van der Waals surface area contributed by atoms with Gasteiger partial charge in [-0.3, -0.25) is 0 Å². The Morgan fingerprint density at radius 1 is 0.469 bits per heavy atom. The Balaban J connectivity index is 0.000000698. The molecule has 10 heteroatoms. The van der Waals surface area contributed by atoms with Gasteiger partial charge < -0.3 is 45.0 Å². The molecule has 3 unspecified atom stereocenters. The second-order valence-electron chi connectivity index (χ2n) is 14.3. The molecule has 3 N–H and O–H groups in total. The Morgan fingerprint density at radius 2 is 0.633 bits per heavy atom. The van der Waals surface area contributed by atoms with Crippen molar-refractivity contribution in [3.05, 3.63) is 106 Å². The van der Waals surface area contributed by atoms with Crippen LogP contribution in [0.15, 0.2) is 72.8 Å². The van der Waals surface area contributed by atoms with Gasteiger partial charge >= 0.3 is 17.4 Å². The van der Waals surface area contributed by atoms with Crippen molar-refractivity contribution in [3.63, 3.8) is 0 Å². The summed E-state index contributed by atoms with van der Waals surface area (Å²) in [7, 11) is 0. The van der Waals surface area contributed by atoms with Gasteiger partial charge in [-0.25, -0.2) is 0 Å². The molecular weight excluding hydrogens is 639 g/mol. The van der Waals surface area contributed by atoms with Gasteiger partial charge in [0.2, 0.25) is 0 Å². The van der Waals surface area contributed by atoms with Crippen molar-refractivity contribution >= 4 is 35.3 Å². The molecule has 0 aliphatic rings. The van der Waals surface area contributed by atoms with Crippen LogP contribution in [0.4, 0.5) is 0 Å². The first-order valence-corrected chi connectivity index (χ1v) is 15.9. The normalized spacial score (nSPS) is 13.2. The zero-order chi connectivity index (χ0) is 37.0. The monoisotopic (exact) mass is 690 g/mol. The predicted octanol–water partition coefficient (Wildman–Crippen LogP) is 2.18. The van der Waals surface area contributed by atoms with Crippen LogP contribution in [0.1, 0.15) is 113 Å². The van der Waals surface area contributed by atoms with Crippen LogP contribution < -0.4 is 15.3 Å². The van der Waals surface area contributed by atoms with E-state index in [1.54, 1.807) is 98.7 Å². The number of rotatable bonds is 12. The fraction of sp³-hybridized carbons (Fsp3) is 0.462. The fourth-order valence-corrected chi connectivity index (χ4v) is 4.68. The predicted molar refractivity (Wildman–Crippen MR) is 185 cm³/mol. The van der Waals surface area contributed by atoms with Crippen LogP contribution in [0, 0.1) is 0 Å². The molecule has 3 atom stereocenters. The third-order valence-electron chi connectivity index (χ3n) is 7.41. The van der Waals surface area contributed by atoms with Gasteiger partial charge in [0.1, 0.15) is 0 Å². The molecule has 3 aromatic rings. The third kappa shape index (κ3) is 18.7. The van der Waals surface area contributed by atoms with Gasteiger partial charge in [0.05, 0.1) is 16.8 Å². The third-order valence-corrected chi connectivity index (χ3v) is 7.41. The number of hydrogen-bond acceptors (Lipinski definition) is 9. The first-order chi connectivity index (χ1) is 21.9. The summed E-state index contributed by atoms with van der Waals surface area (Å²) in [6.07, 6.45) is 1.65. The van der Waals surface area contributed by atoms with E-state index >= 15 is 0 Å². The van der Waals surface area contributed by atoms with Crippen molar-refractivity contribution in [2.45, 2.75) is 116 Å². The molecule has 0 saturated heterocycles. The number of carboxylic acids is 3. The van der Waals surface area contributed by atoms with Gasteiger partial charge in [0, 0.05) is 54.9 Å². The van der Waals surface area contributed by atoms with Gasteiger partial charge in [-0.05, 0) is 74.9 Å². The molecule has 0 amide bonds. The molecule has 0 aliphatic carbocycles. The van der Waals surface area contributed by atoms with E-state index in [1.165, 1.54) is 0 Å². The van der Waals surface area contributed by atoms with Crippen molar-refractivity contribution in [1.82, 2.24) is 0 Å². The number of benzene rings is 3. The second-order valence-corrected chi connectivity index (χ2v) is 14.3. The van der Waals surface area contributed by atoms with Gasteiger partial charge in [-0.15, -0.1) is 0 Å². The molecule has 9 nitrogen and oxygen atoms in total. The van der Waals surface area contributed by atoms with E-state index in [1.807, 2.05) is 36.4 Å². The zero-order valence-corrected chi connectivity index (χ0v) is 31.3. The van der Waals surface area contributed by atoms with Crippen LogP contribution in [0.2, 0.25) is 0 Å².